The summed E-state index contributed by atoms with van der Waals surface area (Å²) in [4.78, 5) is 25.1. The number of aliphatic carboxylic acids is 1. The van der Waals surface area contributed by atoms with Crippen molar-refractivity contribution in [1.29, 1.82) is 0 Å². The molecule has 0 radical (unpaired) electrons. The Hall–Kier alpha value is -0.910. The fourth-order valence-corrected chi connectivity index (χ4v) is 4.27. The van der Waals surface area contributed by atoms with E-state index >= 15 is 0 Å². The Morgan fingerprint density at radius 2 is 2.16 bits per heavy atom. The second-order valence-electron chi connectivity index (χ2n) is 5.52. The number of thioether (sulfide) groups is 1. The third-order valence-electron chi connectivity index (χ3n) is 3.98. The summed E-state index contributed by atoms with van der Waals surface area (Å²) >= 11 is 1.56. The standard InChI is InChI=1S/C13H22N2O3S/c1-3-11-15(10(7-19-11)12(16)17)13(18)14-9-5-4-8(2)6-9/h8-11H,3-7H2,1-2H3,(H,14,18)(H,16,17). The van der Waals surface area contributed by atoms with Crippen LogP contribution in [0.15, 0.2) is 0 Å². The highest BCUT2D eigenvalue weighted by molar-refractivity contribution is 8.00. The van der Waals surface area contributed by atoms with Gasteiger partial charge in [-0.3, -0.25) is 4.90 Å². The van der Waals surface area contributed by atoms with E-state index in [-0.39, 0.29) is 17.4 Å². The van der Waals surface area contributed by atoms with Crippen LogP contribution in [-0.4, -0.2) is 45.2 Å². The highest BCUT2D eigenvalue weighted by Gasteiger charge is 2.41. The van der Waals surface area contributed by atoms with Crippen molar-refractivity contribution in [2.24, 2.45) is 5.92 Å². The molecular weight excluding hydrogens is 264 g/mol. The number of hydrogen-bond acceptors (Lipinski definition) is 3. The number of carboxylic acids is 1. The molecule has 19 heavy (non-hydrogen) atoms. The van der Waals surface area contributed by atoms with Gasteiger partial charge in [0.1, 0.15) is 6.04 Å². The lowest BCUT2D eigenvalue weighted by atomic mass is 10.1. The molecule has 4 unspecified atom stereocenters. The van der Waals surface area contributed by atoms with Gasteiger partial charge in [-0.25, -0.2) is 9.59 Å². The molecule has 1 aliphatic carbocycles. The number of urea groups is 1. The minimum atomic E-state index is -0.904. The van der Waals surface area contributed by atoms with E-state index in [1.54, 1.807) is 11.8 Å². The fraction of sp³-hybridized carbons (Fsp3) is 0.846. The number of amides is 2. The SMILES string of the molecule is CCC1SCC(C(=O)O)N1C(=O)NC1CCC(C)C1. The summed E-state index contributed by atoms with van der Waals surface area (Å²) in [6.07, 6.45) is 3.92. The lowest BCUT2D eigenvalue weighted by Crippen LogP contribution is -2.52. The van der Waals surface area contributed by atoms with Gasteiger partial charge in [0.15, 0.2) is 0 Å². The molecule has 2 rings (SSSR count). The Morgan fingerprint density at radius 1 is 1.42 bits per heavy atom. The molecular formula is C13H22N2O3S. The van der Waals surface area contributed by atoms with E-state index in [1.165, 1.54) is 4.90 Å². The Bertz CT molecular complexity index is 364. The van der Waals surface area contributed by atoms with Crippen molar-refractivity contribution >= 4 is 23.8 Å². The van der Waals surface area contributed by atoms with Gasteiger partial charge in [0.2, 0.25) is 0 Å². The molecule has 2 amide bonds. The largest absolute Gasteiger partial charge is 0.480 e. The average molecular weight is 286 g/mol. The molecule has 5 nitrogen and oxygen atoms in total. The number of carboxylic acid groups (broad SMARTS) is 1. The van der Waals surface area contributed by atoms with Crippen molar-refractivity contribution in [1.82, 2.24) is 10.2 Å². The first-order valence-corrected chi connectivity index (χ1v) is 8.01. The zero-order valence-corrected chi connectivity index (χ0v) is 12.3. The highest BCUT2D eigenvalue weighted by Crippen LogP contribution is 2.32. The maximum Gasteiger partial charge on any atom is 0.327 e. The summed E-state index contributed by atoms with van der Waals surface area (Å²) in [5.74, 6) is 0.233. The summed E-state index contributed by atoms with van der Waals surface area (Å²) in [5, 5.41) is 12.2. The Kier molecular flexibility index (Phi) is 4.60. The number of carbonyl (C=O) groups excluding carboxylic acids is 1. The van der Waals surface area contributed by atoms with Crippen molar-refractivity contribution < 1.29 is 14.7 Å². The Morgan fingerprint density at radius 3 is 2.68 bits per heavy atom. The molecule has 2 aliphatic rings. The van der Waals surface area contributed by atoms with E-state index < -0.39 is 12.0 Å². The smallest absolute Gasteiger partial charge is 0.327 e. The van der Waals surface area contributed by atoms with Crippen LogP contribution in [0.4, 0.5) is 4.79 Å². The molecule has 0 spiro atoms. The minimum Gasteiger partial charge on any atom is -0.480 e. The lowest BCUT2D eigenvalue weighted by molar-refractivity contribution is -0.141. The molecule has 1 saturated heterocycles. The van der Waals surface area contributed by atoms with Crippen LogP contribution in [0.1, 0.15) is 39.5 Å². The summed E-state index contributed by atoms with van der Waals surface area (Å²) < 4.78 is 0. The number of nitrogens with one attached hydrogen (secondary N) is 1. The fourth-order valence-electron chi connectivity index (χ4n) is 2.93. The zero-order chi connectivity index (χ0) is 14.0. The lowest BCUT2D eigenvalue weighted by Gasteiger charge is -2.28. The minimum absolute atomic E-state index is 0.0140. The molecule has 0 aromatic carbocycles. The van der Waals surface area contributed by atoms with Crippen LogP contribution in [0.25, 0.3) is 0 Å². The quantitative estimate of drug-likeness (QED) is 0.834. The molecule has 2 fully saturated rings. The summed E-state index contributed by atoms with van der Waals surface area (Å²) in [7, 11) is 0. The first-order chi connectivity index (χ1) is 9.02. The second kappa shape index (κ2) is 6.03. The zero-order valence-electron chi connectivity index (χ0n) is 11.5. The molecule has 1 saturated carbocycles. The van der Waals surface area contributed by atoms with Gasteiger partial charge in [0, 0.05) is 11.8 Å². The van der Waals surface area contributed by atoms with Crippen LogP contribution in [0.2, 0.25) is 0 Å². The van der Waals surface area contributed by atoms with Crippen molar-refractivity contribution in [2.75, 3.05) is 5.75 Å². The molecule has 2 N–H and O–H groups in total. The number of hydrogen-bond donors (Lipinski definition) is 2. The number of carbonyl (C=O) groups is 2. The third kappa shape index (κ3) is 3.16. The van der Waals surface area contributed by atoms with Gasteiger partial charge in [-0.1, -0.05) is 13.8 Å². The van der Waals surface area contributed by atoms with Crippen LogP contribution < -0.4 is 5.32 Å². The third-order valence-corrected chi connectivity index (χ3v) is 5.44. The summed E-state index contributed by atoms with van der Waals surface area (Å²) in [5.41, 5.74) is 0. The van der Waals surface area contributed by atoms with Crippen molar-refractivity contribution in [3.8, 4) is 0 Å². The van der Waals surface area contributed by atoms with Crippen LogP contribution in [-0.2, 0) is 4.79 Å². The van der Waals surface area contributed by atoms with Gasteiger partial charge in [-0.2, -0.15) is 0 Å². The average Bonchev–Trinajstić information content (AvgIpc) is 2.94. The normalized spacial score (nSPS) is 34.5. The number of rotatable bonds is 3. The Balaban J connectivity index is 2.00. The maximum absolute atomic E-state index is 12.3. The predicted molar refractivity (Wildman–Crippen MR) is 75.1 cm³/mol. The van der Waals surface area contributed by atoms with Gasteiger partial charge in [-0.15, -0.1) is 11.8 Å². The van der Waals surface area contributed by atoms with Crippen molar-refractivity contribution in [2.45, 2.75) is 57.0 Å². The van der Waals surface area contributed by atoms with Crippen LogP contribution in [0.3, 0.4) is 0 Å². The Labute approximate surface area is 118 Å². The van der Waals surface area contributed by atoms with Crippen molar-refractivity contribution in [3.05, 3.63) is 0 Å². The van der Waals surface area contributed by atoms with E-state index in [2.05, 4.69) is 12.2 Å². The summed E-state index contributed by atoms with van der Waals surface area (Å²) in [6, 6.07) is -0.683. The van der Waals surface area contributed by atoms with Crippen LogP contribution in [0, 0.1) is 5.92 Å². The summed E-state index contributed by atoms with van der Waals surface area (Å²) in [6.45, 7) is 4.17. The van der Waals surface area contributed by atoms with Gasteiger partial charge < -0.3 is 10.4 Å². The molecule has 1 heterocycles. The van der Waals surface area contributed by atoms with Gasteiger partial charge in [0.25, 0.3) is 0 Å². The molecule has 108 valence electrons. The highest BCUT2D eigenvalue weighted by atomic mass is 32.2. The molecule has 0 bridgehead atoms. The van der Waals surface area contributed by atoms with Gasteiger partial charge >= 0.3 is 12.0 Å². The molecule has 6 heteroatoms. The van der Waals surface area contributed by atoms with Gasteiger partial charge in [0.05, 0.1) is 5.37 Å². The molecule has 0 aromatic heterocycles. The molecule has 4 atom stereocenters. The van der Waals surface area contributed by atoms with E-state index in [1.807, 2.05) is 6.92 Å². The van der Waals surface area contributed by atoms with E-state index in [0.29, 0.717) is 11.7 Å². The monoisotopic (exact) mass is 286 g/mol. The first-order valence-electron chi connectivity index (χ1n) is 6.96. The van der Waals surface area contributed by atoms with E-state index in [4.69, 9.17) is 0 Å². The van der Waals surface area contributed by atoms with E-state index in [9.17, 15) is 14.7 Å². The molecule has 0 aromatic rings. The second-order valence-corrected chi connectivity index (χ2v) is 6.73. The maximum atomic E-state index is 12.3. The predicted octanol–water partition coefficient (Wildman–Crippen LogP) is 2.12. The number of nitrogens with zero attached hydrogens (tertiary/aromatic N) is 1. The van der Waals surface area contributed by atoms with E-state index in [0.717, 1.165) is 25.7 Å². The first kappa shape index (κ1) is 14.5. The van der Waals surface area contributed by atoms with Crippen molar-refractivity contribution in [3.63, 3.8) is 0 Å². The van der Waals surface area contributed by atoms with Crippen LogP contribution in [0.5, 0.6) is 0 Å². The topological polar surface area (TPSA) is 69.6 Å². The van der Waals surface area contributed by atoms with Gasteiger partial charge in [-0.05, 0) is 31.6 Å². The van der Waals surface area contributed by atoms with Crippen LogP contribution >= 0.6 is 11.8 Å². The molecule has 1 aliphatic heterocycles.